The predicted octanol–water partition coefficient (Wildman–Crippen LogP) is 3.17. The largest absolute Gasteiger partial charge is 0.508 e. The van der Waals surface area contributed by atoms with Gasteiger partial charge in [-0.1, -0.05) is 29.3 Å². The van der Waals surface area contributed by atoms with Crippen molar-refractivity contribution in [1.82, 2.24) is 5.43 Å². The molecule has 21 heavy (non-hydrogen) atoms. The van der Waals surface area contributed by atoms with E-state index in [4.69, 9.17) is 23.2 Å². The number of amides is 1. The van der Waals surface area contributed by atoms with E-state index in [-0.39, 0.29) is 17.1 Å². The summed E-state index contributed by atoms with van der Waals surface area (Å²) in [4.78, 5) is 11.8. The molecule has 0 spiro atoms. The SMILES string of the molecule is O=C(NN=Cc1ccc(Cl)c(Cl)c1)c1cc(O)cc(O)c1. The van der Waals surface area contributed by atoms with Gasteiger partial charge in [-0.3, -0.25) is 4.79 Å². The van der Waals surface area contributed by atoms with Gasteiger partial charge in [0.25, 0.3) is 5.91 Å². The van der Waals surface area contributed by atoms with Crippen molar-refractivity contribution in [2.45, 2.75) is 0 Å². The summed E-state index contributed by atoms with van der Waals surface area (Å²) in [5.74, 6) is -1.00. The van der Waals surface area contributed by atoms with Gasteiger partial charge in [0.2, 0.25) is 0 Å². The van der Waals surface area contributed by atoms with Gasteiger partial charge in [0.05, 0.1) is 16.3 Å². The molecule has 5 nitrogen and oxygen atoms in total. The molecule has 0 bridgehead atoms. The zero-order valence-electron chi connectivity index (χ0n) is 10.5. The van der Waals surface area contributed by atoms with Gasteiger partial charge in [-0.25, -0.2) is 5.43 Å². The number of carbonyl (C=O) groups is 1. The number of nitrogens with zero attached hydrogens (tertiary/aromatic N) is 1. The number of phenolic OH excluding ortho intramolecular Hbond substituents is 2. The molecule has 0 saturated carbocycles. The molecule has 0 saturated heterocycles. The molecule has 108 valence electrons. The summed E-state index contributed by atoms with van der Waals surface area (Å²) in [6.45, 7) is 0. The highest BCUT2D eigenvalue weighted by Gasteiger charge is 2.07. The van der Waals surface area contributed by atoms with Gasteiger partial charge in [-0.2, -0.15) is 5.10 Å². The molecule has 0 aromatic heterocycles. The Hall–Kier alpha value is -2.24. The van der Waals surface area contributed by atoms with E-state index in [9.17, 15) is 15.0 Å². The molecule has 2 rings (SSSR count). The topological polar surface area (TPSA) is 81.9 Å². The molecule has 0 aliphatic heterocycles. The van der Waals surface area contributed by atoms with Gasteiger partial charge in [0.1, 0.15) is 11.5 Å². The standard InChI is InChI=1S/C14H10Cl2N2O3/c15-12-2-1-8(3-13(12)16)7-17-18-14(21)9-4-10(19)6-11(20)5-9/h1-7,19-20H,(H,18,21). The van der Waals surface area contributed by atoms with Gasteiger partial charge in [-0.05, 0) is 29.8 Å². The van der Waals surface area contributed by atoms with E-state index in [1.807, 2.05) is 0 Å². The van der Waals surface area contributed by atoms with Crippen molar-refractivity contribution >= 4 is 35.3 Å². The van der Waals surface area contributed by atoms with Crippen LogP contribution in [0.4, 0.5) is 0 Å². The fraction of sp³-hybridized carbons (Fsp3) is 0. The maximum Gasteiger partial charge on any atom is 0.271 e. The van der Waals surface area contributed by atoms with Gasteiger partial charge >= 0.3 is 0 Å². The number of hydrogen-bond acceptors (Lipinski definition) is 4. The third-order valence-corrected chi connectivity index (χ3v) is 3.23. The van der Waals surface area contributed by atoms with Crippen molar-refractivity contribution in [1.29, 1.82) is 0 Å². The Bertz CT molecular complexity index is 697. The van der Waals surface area contributed by atoms with Crippen LogP contribution in [-0.2, 0) is 0 Å². The first kappa shape index (κ1) is 15.2. The number of nitrogens with one attached hydrogen (secondary N) is 1. The summed E-state index contributed by atoms with van der Waals surface area (Å²) in [5.41, 5.74) is 3.01. The maximum atomic E-state index is 11.8. The minimum Gasteiger partial charge on any atom is -0.508 e. The molecule has 0 fully saturated rings. The van der Waals surface area contributed by atoms with Crippen molar-refractivity contribution in [3.8, 4) is 11.5 Å². The van der Waals surface area contributed by atoms with E-state index in [2.05, 4.69) is 10.5 Å². The van der Waals surface area contributed by atoms with Crippen molar-refractivity contribution in [3.05, 3.63) is 57.6 Å². The zero-order valence-corrected chi connectivity index (χ0v) is 12.1. The highest BCUT2D eigenvalue weighted by Crippen LogP contribution is 2.22. The molecule has 0 aliphatic rings. The minimum absolute atomic E-state index is 0.0822. The molecular weight excluding hydrogens is 315 g/mol. The van der Waals surface area contributed by atoms with Crippen LogP contribution in [0.5, 0.6) is 11.5 Å². The van der Waals surface area contributed by atoms with Crippen molar-refractivity contribution in [2.75, 3.05) is 0 Å². The van der Waals surface area contributed by atoms with Gasteiger partial charge in [0.15, 0.2) is 0 Å². The van der Waals surface area contributed by atoms with Crippen molar-refractivity contribution in [3.63, 3.8) is 0 Å². The van der Waals surface area contributed by atoms with Crippen LogP contribution in [0.2, 0.25) is 10.0 Å². The summed E-state index contributed by atoms with van der Waals surface area (Å²) in [7, 11) is 0. The van der Waals surface area contributed by atoms with E-state index < -0.39 is 5.91 Å². The highest BCUT2D eigenvalue weighted by atomic mass is 35.5. The highest BCUT2D eigenvalue weighted by molar-refractivity contribution is 6.42. The normalized spacial score (nSPS) is 10.8. The van der Waals surface area contributed by atoms with Crippen LogP contribution in [-0.4, -0.2) is 22.3 Å². The average molecular weight is 325 g/mol. The first-order chi connectivity index (χ1) is 9.95. The Balaban J connectivity index is 2.06. The van der Waals surface area contributed by atoms with Crippen LogP contribution in [0.15, 0.2) is 41.5 Å². The Labute approximate surface area is 130 Å². The second kappa shape index (κ2) is 6.47. The van der Waals surface area contributed by atoms with Crippen LogP contribution >= 0.6 is 23.2 Å². The summed E-state index contributed by atoms with van der Waals surface area (Å²) in [5, 5.41) is 23.2. The monoisotopic (exact) mass is 324 g/mol. The van der Waals surface area contributed by atoms with E-state index in [0.717, 1.165) is 6.07 Å². The number of rotatable bonds is 3. The van der Waals surface area contributed by atoms with Gasteiger partial charge < -0.3 is 10.2 Å². The smallest absolute Gasteiger partial charge is 0.271 e. The number of carbonyl (C=O) groups excluding carboxylic acids is 1. The maximum absolute atomic E-state index is 11.8. The lowest BCUT2D eigenvalue weighted by atomic mass is 10.2. The number of hydrazone groups is 1. The molecule has 0 aliphatic carbocycles. The Kier molecular flexibility index (Phi) is 4.67. The lowest BCUT2D eigenvalue weighted by molar-refractivity contribution is 0.0954. The summed E-state index contributed by atoms with van der Waals surface area (Å²) in [6.07, 6.45) is 1.39. The second-order valence-electron chi connectivity index (χ2n) is 4.11. The van der Waals surface area contributed by atoms with Crippen LogP contribution in [0.25, 0.3) is 0 Å². The van der Waals surface area contributed by atoms with E-state index in [0.29, 0.717) is 15.6 Å². The van der Waals surface area contributed by atoms with E-state index in [1.54, 1.807) is 18.2 Å². The first-order valence-electron chi connectivity index (χ1n) is 5.77. The molecule has 0 atom stereocenters. The molecular formula is C14H10Cl2N2O3. The zero-order chi connectivity index (χ0) is 15.4. The van der Waals surface area contributed by atoms with Crippen LogP contribution in [0.1, 0.15) is 15.9 Å². The minimum atomic E-state index is -0.572. The van der Waals surface area contributed by atoms with Crippen LogP contribution < -0.4 is 5.43 Å². The molecule has 0 radical (unpaired) electrons. The molecule has 2 aromatic carbocycles. The number of benzene rings is 2. The number of hydrogen-bond donors (Lipinski definition) is 3. The van der Waals surface area contributed by atoms with Crippen LogP contribution in [0.3, 0.4) is 0 Å². The molecule has 2 aromatic rings. The fourth-order valence-corrected chi connectivity index (χ4v) is 1.86. The molecule has 7 heteroatoms. The Morgan fingerprint density at radius 2 is 1.71 bits per heavy atom. The lowest BCUT2D eigenvalue weighted by Gasteiger charge is -2.02. The average Bonchev–Trinajstić information content (AvgIpc) is 2.41. The second-order valence-corrected chi connectivity index (χ2v) is 4.93. The third kappa shape index (κ3) is 4.11. The predicted molar refractivity (Wildman–Crippen MR) is 81.3 cm³/mol. The molecule has 1 amide bonds. The van der Waals surface area contributed by atoms with E-state index >= 15 is 0 Å². The quantitative estimate of drug-likeness (QED) is 0.599. The Morgan fingerprint density at radius 1 is 1.05 bits per heavy atom. The number of halogens is 2. The summed E-state index contributed by atoms with van der Waals surface area (Å²) in [6, 6.07) is 8.44. The fourth-order valence-electron chi connectivity index (χ4n) is 1.55. The number of phenols is 2. The Morgan fingerprint density at radius 3 is 2.33 bits per heavy atom. The molecule has 0 unspecified atom stereocenters. The van der Waals surface area contributed by atoms with E-state index in [1.165, 1.54) is 18.3 Å². The first-order valence-corrected chi connectivity index (χ1v) is 6.53. The number of aromatic hydroxyl groups is 2. The third-order valence-electron chi connectivity index (χ3n) is 2.49. The summed E-state index contributed by atoms with van der Waals surface area (Å²) >= 11 is 11.6. The van der Waals surface area contributed by atoms with Gasteiger partial charge in [-0.15, -0.1) is 0 Å². The van der Waals surface area contributed by atoms with Crippen molar-refractivity contribution in [2.24, 2.45) is 5.10 Å². The molecule has 0 heterocycles. The van der Waals surface area contributed by atoms with Crippen molar-refractivity contribution < 1.29 is 15.0 Å². The molecule has 3 N–H and O–H groups in total. The lowest BCUT2D eigenvalue weighted by Crippen LogP contribution is -2.17. The van der Waals surface area contributed by atoms with Gasteiger partial charge in [0, 0.05) is 11.6 Å². The van der Waals surface area contributed by atoms with Crippen LogP contribution in [0, 0.1) is 0 Å². The summed E-state index contributed by atoms with van der Waals surface area (Å²) < 4.78 is 0.